The lowest BCUT2D eigenvalue weighted by molar-refractivity contribution is -0.117. The molecule has 3 aromatic carbocycles. The molecule has 0 aliphatic carbocycles. The minimum Gasteiger partial charge on any atom is -0.324 e. The van der Waals surface area contributed by atoms with Gasteiger partial charge in [-0.1, -0.05) is 48.5 Å². The van der Waals surface area contributed by atoms with E-state index in [9.17, 15) is 13.2 Å². The van der Waals surface area contributed by atoms with Crippen molar-refractivity contribution in [2.75, 3.05) is 5.32 Å². The number of nitrogens with zero attached hydrogens (tertiary/aromatic N) is 1. The van der Waals surface area contributed by atoms with Crippen LogP contribution in [0.25, 0.3) is 10.2 Å². The highest BCUT2D eigenvalue weighted by Gasteiger charge is 2.28. The highest BCUT2D eigenvalue weighted by atomic mass is 32.2. The molecule has 0 spiro atoms. The summed E-state index contributed by atoms with van der Waals surface area (Å²) in [6, 6.07) is 19.8. The van der Waals surface area contributed by atoms with E-state index in [0.29, 0.717) is 11.3 Å². The summed E-state index contributed by atoms with van der Waals surface area (Å²) in [5, 5.41) is 3.70. The van der Waals surface area contributed by atoms with Gasteiger partial charge in [-0.3, -0.25) is 4.79 Å². The molecule has 158 valence electrons. The maximum atomic E-state index is 13.2. The molecule has 1 aromatic heterocycles. The van der Waals surface area contributed by atoms with Gasteiger partial charge in [0, 0.05) is 5.69 Å². The van der Waals surface area contributed by atoms with Crippen LogP contribution in [0.3, 0.4) is 0 Å². The zero-order valence-corrected chi connectivity index (χ0v) is 18.6. The van der Waals surface area contributed by atoms with Crippen molar-refractivity contribution >= 4 is 43.2 Å². The van der Waals surface area contributed by atoms with E-state index in [2.05, 4.69) is 15.0 Å². The maximum Gasteiger partial charge on any atom is 0.247 e. The van der Waals surface area contributed by atoms with E-state index in [4.69, 9.17) is 0 Å². The van der Waals surface area contributed by atoms with Crippen LogP contribution in [0.2, 0.25) is 0 Å². The zero-order valence-electron chi connectivity index (χ0n) is 17.0. The summed E-state index contributed by atoms with van der Waals surface area (Å²) in [6.07, 6.45) is 0. The molecule has 6 nitrogen and oxygen atoms in total. The number of para-hydroxylation sites is 1. The molecule has 1 amide bonds. The predicted octanol–water partition coefficient (Wildman–Crippen LogP) is 4.57. The smallest absolute Gasteiger partial charge is 0.247 e. The van der Waals surface area contributed by atoms with Gasteiger partial charge in [-0.05, 0) is 49.2 Å². The normalized spacial score (nSPS) is 12.6. The number of fused-ring (bicyclic) bond motifs is 1. The average molecular weight is 452 g/mol. The number of thiazole rings is 1. The van der Waals surface area contributed by atoms with Crippen molar-refractivity contribution in [3.05, 3.63) is 88.9 Å². The van der Waals surface area contributed by atoms with Gasteiger partial charge in [-0.25, -0.2) is 13.4 Å². The third-order valence-corrected chi connectivity index (χ3v) is 7.20. The molecule has 4 aromatic rings. The van der Waals surface area contributed by atoms with E-state index < -0.39 is 22.0 Å². The molecule has 1 atom stereocenters. The van der Waals surface area contributed by atoms with Gasteiger partial charge in [-0.15, -0.1) is 11.3 Å². The van der Waals surface area contributed by atoms with E-state index in [1.165, 1.54) is 17.4 Å². The number of hydrogen-bond donors (Lipinski definition) is 2. The number of amides is 1. The number of hydrogen-bond acceptors (Lipinski definition) is 5. The van der Waals surface area contributed by atoms with Crippen molar-refractivity contribution in [1.82, 2.24) is 9.71 Å². The van der Waals surface area contributed by atoms with Gasteiger partial charge in [-0.2, -0.15) is 4.72 Å². The molecule has 8 heteroatoms. The lowest BCUT2D eigenvalue weighted by atomic mass is 10.1. The fourth-order valence-corrected chi connectivity index (χ4v) is 5.40. The van der Waals surface area contributed by atoms with Crippen LogP contribution in [-0.4, -0.2) is 19.3 Å². The number of aryl methyl sites for hydroxylation is 2. The molecule has 2 N–H and O–H groups in total. The largest absolute Gasteiger partial charge is 0.324 e. The number of carbonyl (C=O) groups excluding carboxylic acids is 1. The number of carbonyl (C=O) groups is 1. The second-order valence-electron chi connectivity index (χ2n) is 7.13. The number of benzene rings is 3. The molecule has 0 aliphatic rings. The lowest BCUT2D eigenvalue weighted by Crippen LogP contribution is -2.37. The highest BCUT2D eigenvalue weighted by molar-refractivity contribution is 7.89. The molecule has 0 saturated carbocycles. The SMILES string of the molecule is Cc1nc2ccc(S(=O)(=O)N[C@H](C(=O)Nc3ccccc3C)c3ccccc3)cc2s1. The molecule has 4 rings (SSSR count). The van der Waals surface area contributed by atoms with Crippen molar-refractivity contribution < 1.29 is 13.2 Å². The van der Waals surface area contributed by atoms with Gasteiger partial charge >= 0.3 is 0 Å². The molecule has 0 bridgehead atoms. The molecule has 0 unspecified atom stereocenters. The fourth-order valence-electron chi connectivity index (χ4n) is 3.25. The zero-order chi connectivity index (χ0) is 22.0. The Hall–Kier alpha value is -3.07. The van der Waals surface area contributed by atoms with Gasteiger partial charge in [0.25, 0.3) is 0 Å². The third kappa shape index (κ3) is 4.66. The molecule has 1 heterocycles. The van der Waals surface area contributed by atoms with Crippen molar-refractivity contribution in [3.8, 4) is 0 Å². The summed E-state index contributed by atoms with van der Waals surface area (Å²) in [6.45, 7) is 3.75. The van der Waals surface area contributed by atoms with E-state index in [1.807, 2.05) is 38.1 Å². The Morgan fingerprint density at radius 3 is 2.42 bits per heavy atom. The summed E-state index contributed by atoms with van der Waals surface area (Å²) in [5.41, 5.74) is 2.82. The first-order valence-electron chi connectivity index (χ1n) is 9.64. The Morgan fingerprint density at radius 2 is 1.68 bits per heavy atom. The summed E-state index contributed by atoms with van der Waals surface area (Å²) in [5.74, 6) is -0.459. The summed E-state index contributed by atoms with van der Waals surface area (Å²) in [7, 11) is -3.97. The van der Waals surface area contributed by atoms with Crippen LogP contribution in [0.15, 0.2) is 77.7 Å². The van der Waals surface area contributed by atoms with Gasteiger partial charge in [0.15, 0.2) is 0 Å². The molecular formula is C23H21N3O3S2. The molecule has 31 heavy (non-hydrogen) atoms. The standard InChI is InChI=1S/C23H21N3O3S2/c1-15-8-6-7-11-19(15)25-23(27)22(17-9-4-3-5-10-17)26-31(28,29)18-12-13-20-21(14-18)30-16(2)24-20/h3-14,22,26H,1-2H3,(H,25,27)/t22-/m0/s1. The summed E-state index contributed by atoms with van der Waals surface area (Å²) in [4.78, 5) is 17.6. The first-order valence-corrected chi connectivity index (χ1v) is 11.9. The topological polar surface area (TPSA) is 88.2 Å². The fraction of sp³-hybridized carbons (Fsp3) is 0.130. The van der Waals surface area contributed by atoms with Crippen molar-refractivity contribution in [3.63, 3.8) is 0 Å². The number of anilines is 1. The number of rotatable bonds is 6. The number of sulfonamides is 1. The minimum atomic E-state index is -3.97. The monoisotopic (exact) mass is 451 g/mol. The Labute approximate surface area is 185 Å². The van der Waals surface area contributed by atoms with Crippen molar-refractivity contribution in [2.24, 2.45) is 0 Å². The molecule has 0 radical (unpaired) electrons. The Bertz CT molecular complexity index is 1350. The van der Waals surface area contributed by atoms with Crippen LogP contribution >= 0.6 is 11.3 Å². The number of nitrogens with one attached hydrogen (secondary N) is 2. The van der Waals surface area contributed by atoms with Gasteiger partial charge in [0.1, 0.15) is 6.04 Å². The second-order valence-corrected chi connectivity index (χ2v) is 10.1. The van der Waals surface area contributed by atoms with Crippen molar-refractivity contribution in [2.45, 2.75) is 24.8 Å². The van der Waals surface area contributed by atoms with Gasteiger partial charge in [0.2, 0.25) is 15.9 Å². The van der Waals surface area contributed by atoms with E-state index in [1.54, 1.807) is 42.5 Å². The Kier molecular flexibility index (Phi) is 5.86. The molecule has 0 fully saturated rings. The van der Waals surface area contributed by atoms with Crippen LogP contribution in [0.5, 0.6) is 0 Å². The minimum absolute atomic E-state index is 0.0910. The van der Waals surface area contributed by atoms with Crippen molar-refractivity contribution in [1.29, 1.82) is 0 Å². The van der Waals surface area contributed by atoms with Crippen LogP contribution in [0.1, 0.15) is 22.2 Å². The van der Waals surface area contributed by atoms with Crippen LogP contribution in [-0.2, 0) is 14.8 Å². The average Bonchev–Trinajstić information content (AvgIpc) is 3.13. The summed E-state index contributed by atoms with van der Waals surface area (Å²) >= 11 is 1.42. The van der Waals surface area contributed by atoms with E-state index >= 15 is 0 Å². The predicted molar refractivity (Wildman–Crippen MR) is 124 cm³/mol. The van der Waals surface area contributed by atoms with Gasteiger partial charge < -0.3 is 5.32 Å². The van der Waals surface area contributed by atoms with Crippen LogP contribution in [0.4, 0.5) is 5.69 Å². The number of aromatic nitrogens is 1. The molecule has 0 aliphatic heterocycles. The Morgan fingerprint density at radius 1 is 0.968 bits per heavy atom. The van der Waals surface area contributed by atoms with E-state index in [0.717, 1.165) is 20.8 Å². The first kappa shape index (κ1) is 21.2. The first-order chi connectivity index (χ1) is 14.8. The summed E-state index contributed by atoms with van der Waals surface area (Å²) < 4.78 is 29.7. The second kappa shape index (κ2) is 8.58. The quantitative estimate of drug-likeness (QED) is 0.449. The third-order valence-electron chi connectivity index (χ3n) is 4.85. The molecule has 0 saturated heterocycles. The van der Waals surface area contributed by atoms with Crippen LogP contribution < -0.4 is 10.0 Å². The Balaban J connectivity index is 1.68. The molecular weight excluding hydrogens is 430 g/mol. The van der Waals surface area contributed by atoms with Gasteiger partial charge in [0.05, 0.1) is 20.1 Å². The maximum absolute atomic E-state index is 13.2. The van der Waals surface area contributed by atoms with Crippen LogP contribution in [0, 0.1) is 13.8 Å². The lowest BCUT2D eigenvalue weighted by Gasteiger charge is -2.20. The highest BCUT2D eigenvalue weighted by Crippen LogP contribution is 2.26. The van der Waals surface area contributed by atoms with E-state index in [-0.39, 0.29) is 4.90 Å².